The summed E-state index contributed by atoms with van der Waals surface area (Å²) in [7, 11) is 0. The molecule has 7 heteroatoms. The molecule has 2 N–H and O–H groups in total. The number of nitrogens with two attached hydrogens (primary N) is 1. The van der Waals surface area contributed by atoms with Crippen LogP contribution in [0.4, 0.5) is 5.69 Å². The molecule has 16 heavy (non-hydrogen) atoms. The van der Waals surface area contributed by atoms with E-state index in [1.165, 1.54) is 4.90 Å². The predicted octanol–water partition coefficient (Wildman–Crippen LogP) is 1.16. The Kier molecular flexibility index (Phi) is 3.01. The zero-order chi connectivity index (χ0) is 11.9. The Bertz CT molecular complexity index is 428. The fraction of sp³-hybridized carbons (Fsp3) is 0.444. The van der Waals surface area contributed by atoms with Crippen molar-refractivity contribution in [2.75, 3.05) is 11.4 Å². The topological polar surface area (TPSA) is 72.1 Å². The molecular weight excluding hydrogens is 251 g/mol. The third-order valence-electron chi connectivity index (χ3n) is 2.41. The predicted molar refractivity (Wildman–Crippen MR) is 61.7 cm³/mol. The number of hydrogen-bond acceptors (Lipinski definition) is 4. The van der Waals surface area contributed by atoms with E-state index in [4.69, 9.17) is 28.9 Å². The van der Waals surface area contributed by atoms with Gasteiger partial charge in [0, 0.05) is 19.0 Å². The Morgan fingerprint density at radius 1 is 1.44 bits per heavy atom. The Morgan fingerprint density at radius 2 is 2.12 bits per heavy atom. The highest BCUT2D eigenvalue weighted by atomic mass is 35.5. The van der Waals surface area contributed by atoms with Crippen LogP contribution in [-0.2, 0) is 4.79 Å². The first-order valence-corrected chi connectivity index (χ1v) is 5.50. The molecular formula is C9H10Cl2N4O. The molecule has 1 aromatic heterocycles. The maximum absolute atomic E-state index is 11.7. The molecule has 1 amide bonds. The van der Waals surface area contributed by atoms with Gasteiger partial charge in [-0.05, 0) is 18.5 Å². The van der Waals surface area contributed by atoms with Crippen molar-refractivity contribution in [3.8, 4) is 0 Å². The van der Waals surface area contributed by atoms with Gasteiger partial charge in [0.05, 0.1) is 5.69 Å². The fourth-order valence-electron chi connectivity index (χ4n) is 1.76. The minimum absolute atomic E-state index is 0.0663. The Morgan fingerprint density at radius 3 is 2.62 bits per heavy atom. The molecule has 0 bridgehead atoms. The number of aryl methyl sites for hydroxylation is 1. The van der Waals surface area contributed by atoms with E-state index < -0.39 is 0 Å². The van der Waals surface area contributed by atoms with Crippen LogP contribution in [0.1, 0.15) is 12.1 Å². The van der Waals surface area contributed by atoms with Gasteiger partial charge in [0.2, 0.25) is 11.2 Å². The third-order valence-corrected chi connectivity index (χ3v) is 2.85. The molecule has 2 heterocycles. The van der Waals surface area contributed by atoms with Crippen LogP contribution in [0.3, 0.4) is 0 Å². The summed E-state index contributed by atoms with van der Waals surface area (Å²) in [6.07, 6.45) is 0.318. The second kappa shape index (κ2) is 4.16. The van der Waals surface area contributed by atoms with Gasteiger partial charge in [-0.15, -0.1) is 0 Å². The van der Waals surface area contributed by atoms with E-state index in [-0.39, 0.29) is 22.4 Å². The highest BCUT2D eigenvalue weighted by Crippen LogP contribution is 2.30. The number of amides is 1. The van der Waals surface area contributed by atoms with Gasteiger partial charge >= 0.3 is 0 Å². The molecule has 1 aromatic rings. The van der Waals surface area contributed by atoms with Crippen molar-refractivity contribution >= 4 is 34.8 Å². The standard InChI is InChI=1S/C9H10Cl2N4O/c1-4-7(8(10)14-9(11)13-4)15-3-5(12)2-6(15)16/h5H,2-3,12H2,1H3. The summed E-state index contributed by atoms with van der Waals surface area (Å²) in [5.41, 5.74) is 6.79. The summed E-state index contributed by atoms with van der Waals surface area (Å²) in [5, 5.41) is 0.252. The summed E-state index contributed by atoms with van der Waals surface area (Å²) in [6.45, 7) is 2.16. The van der Waals surface area contributed by atoms with E-state index in [2.05, 4.69) is 9.97 Å². The number of halogens is 2. The lowest BCUT2D eigenvalue weighted by Gasteiger charge is -2.18. The quantitative estimate of drug-likeness (QED) is 0.608. The molecule has 1 unspecified atom stereocenters. The molecule has 0 aliphatic carbocycles. The number of nitrogens with zero attached hydrogens (tertiary/aromatic N) is 3. The van der Waals surface area contributed by atoms with Crippen LogP contribution in [0.15, 0.2) is 0 Å². The van der Waals surface area contributed by atoms with Gasteiger partial charge in [-0.3, -0.25) is 4.79 Å². The number of hydrogen-bond donors (Lipinski definition) is 1. The van der Waals surface area contributed by atoms with Crippen molar-refractivity contribution < 1.29 is 4.79 Å². The SMILES string of the molecule is Cc1nc(Cl)nc(Cl)c1N1CC(N)CC1=O. The highest BCUT2D eigenvalue weighted by Gasteiger charge is 2.31. The molecule has 1 aliphatic rings. The molecule has 86 valence electrons. The van der Waals surface area contributed by atoms with E-state index in [1.807, 2.05) is 0 Å². The summed E-state index contributed by atoms with van der Waals surface area (Å²) in [6, 6.07) is -0.168. The smallest absolute Gasteiger partial charge is 0.228 e. The van der Waals surface area contributed by atoms with Gasteiger partial charge in [0.1, 0.15) is 5.69 Å². The van der Waals surface area contributed by atoms with Crippen LogP contribution < -0.4 is 10.6 Å². The maximum atomic E-state index is 11.7. The molecule has 0 aromatic carbocycles. The van der Waals surface area contributed by atoms with Crippen LogP contribution in [0.2, 0.25) is 10.4 Å². The number of carbonyl (C=O) groups excluding carboxylic acids is 1. The molecule has 1 saturated heterocycles. The Labute approximate surface area is 103 Å². The lowest BCUT2D eigenvalue weighted by atomic mass is 10.3. The number of anilines is 1. The molecule has 0 saturated carbocycles. The van der Waals surface area contributed by atoms with Gasteiger partial charge in [-0.2, -0.15) is 0 Å². The second-order valence-electron chi connectivity index (χ2n) is 3.69. The van der Waals surface area contributed by atoms with E-state index in [1.54, 1.807) is 6.92 Å². The van der Waals surface area contributed by atoms with Crippen LogP contribution >= 0.6 is 23.2 Å². The molecule has 0 spiro atoms. The van der Waals surface area contributed by atoms with Crippen molar-refractivity contribution in [2.45, 2.75) is 19.4 Å². The Hall–Kier alpha value is -0.910. The first-order valence-electron chi connectivity index (χ1n) is 4.74. The van der Waals surface area contributed by atoms with Crippen molar-refractivity contribution in [1.82, 2.24) is 9.97 Å². The fourth-order valence-corrected chi connectivity index (χ4v) is 2.33. The third kappa shape index (κ3) is 1.98. The van der Waals surface area contributed by atoms with Gasteiger partial charge < -0.3 is 10.6 Å². The van der Waals surface area contributed by atoms with E-state index >= 15 is 0 Å². The largest absolute Gasteiger partial charge is 0.326 e. The zero-order valence-electron chi connectivity index (χ0n) is 8.57. The molecule has 0 radical (unpaired) electrons. The van der Waals surface area contributed by atoms with Crippen LogP contribution in [0, 0.1) is 6.92 Å². The minimum atomic E-state index is -0.168. The molecule has 1 aliphatic heterocycles. The summed E-state index contributed by atoms with van der Waals surface area (Å²) >= 11 is 11.6. The summed E-state index contributed by atoms with van der Waals surface area (Å²) < 4.78 is 0. The summed E-state index contributed by atoms with van der Waals surface area (Å²) in [5.74, 6) is -0.0663. The van der Waals surface area contributed by atoms with Crippen LogP contribution in [-0.4, -0.2) is 28.5 Å². The molecule has 2 rings (SSSR count). The minimum Gasteiger partial charge on any atom is -0.326 e. The lowest BCUT2D eigenvalue weighted by Crippen LogP contribution is -2.29. The van der Waals surface area contributed by atoms with E-state index in [0.29, 0.717) is 24.3 Å². The van der Waals surface area contributed by atoms with Crippen molar-refractivity contribution in [3.05, 3.63) is 16.1 Å². The van der Waals surface area contributed by atoms with Gasteiger partial charge in [0.25, 0.3) is 0 Å². The van der Waals surface area contributed by atoms with E-state index in [0.717, 1.165) is 0 Å². The Balaban J connectivity index is 2.44. The summed E-state index contributed by atoms with van der Waals surface area (Å²) in [4.78, 5) is 21.0. The lowest BCUT2D eigenvalue weighted by molar-refractivity contribution is -0.117. The van der Waals surface area contributed by atoms with E-state index in [9.17, 15) is 4.79 Å². The number of rotatable bonds is 1. The second-order valence-corrected chi connectivity index (χ2v) is 4.38. The normalized spacial score (nSPS) is 20.6. The number of carbonyl (C=O) groups is 1. The first-order chi connectivity index (χ1) is 7.49. The maximum Gasteiger partial charge on any atom is 0.228 e. The van der Waals surface area contributed by atoms with Crippen molar-refractivity contribution in [2.24, 2.45) is 5.73 Å². The molecule has 1 atom stereocenters. The van der Waals surface area contributed by atoms with Crippen molar-refractivity contribution in [1.29, 1.82) is 0 Å². The van der Waals surface area contributed by atoms with Crippen molar-refractivity contribution in [3.63, 3.8) is 0 Å². The molecule has 1 fully saturated rings. The molecule has 5 nitrogen and oxygen atoms in total. The van der Waals surface area contributed by atoms with Crippen LogP contribution in [0.25, 0.3) is 0 Å². The van der Waals surface area contributed by atoms with Gasteiger partial charge in [0.15, 0.2) is 5.15 Å². The monoisotopic (exact) mass is 260 g/mol. The van der Waals surface area contributed by atoms with Gasteiger partial charge in [-0.1, -0.05) is 11.6 Å². The average Bonchev–Trinajstić information content (AvgIpc) is 2.43. The average molecular weight is 261 g/mol. The first kappa shape index (κ1) is 11.6. The number of aromatic nitrogens is 2. The van der Waals surface area contributed by atoms with Gasteiger partial charge in [-0.25, -0.2) is 9.97 Å². The zero-order valence-corrected chi connectivity index (χ0v) is 10.1. The highest BCUT2D eigenvalue weighted by molar-refractivity contribution is 6.34. The van der Waals surface area contributed by atoms with Crippen LogP contribution in [0.5, 0.6) is 0 Å².